The van der Waals surface area contributed by atoms with Crippen LogP contribution >= 0.6 is 35.3 Å². The van der Waals surface area contributed by atoms with Crippen LogP contribution in [-0.2, 0) is 19.1 Å². The van der Waals surface area contributed by atoms with E-state index in [9.17, 15) is 19.5 Å². The fraction of sp³-hybridized carbons (Fsp3) is 0.350. The fourth-order valence-corrected chi connectivity index (χ4v) is 6.65. The molecule has 2 aromatic rings. The van der Waals surface area contributed by atoms with E-state index in [0.717, 1.165) is 5.56 Å². The van der Waals surface area contributed by atoms with Gasteiger partial charge in [-0.3, -0.25) is 19.6 Å². The first-order valence-electron chi connectivity index (χ1n) is 9.86. The lowest BCUT2D eigenvalue weighted by Crippen LogP contribution is -2.70. The summed E-state index contributed by atoms with van der Waals surface area (Å²) in [6.07, 6.45) is 1.55. The summed E-state index contributed by atoms with van der Waals surface area (Å²) in [6, 6.07) is 8.47. The van der Waals surface area contributed by atoms with Crippen molar-refractivity contribution < 1.29 is 24.2 Å². The quantitative estimate of drug-likeness (QED) is 0.248. The molecule has 1 fully saturated rings. The molecule has 13 heteroatoms. The molecule has 2 unspecified atom stereocenters. The molecule has 0 saturated carbocycles. The minimum atomic E-state index is -1.16. The Kier molecular flexibility index (Phi) is 7.63. The number of ether oxygens (including phenoxy) is 1. The number of nitrogens with one attached hydrogen (secondary N) is 2. The zero-order chi connectivity index (χ0) is 23.4. The smallest absolute Gasteiger partial charge is 0.352 e. The van der Waals surface area contributed by atoms with Crippen molar-refractivity contribution in [1.29, 1.82) is 0 Å². The van der Waals surface area contributed by atoms with E-state index in [1.165, 1.54) is 40.2 Å². The molecule has 1 aromatic carbocycles. The van der Waals surface area contributed by atoms with Crippen LogP contribution in [0.3, 0.4) is 0 Å². The molecular weight excluding hydrogens is 486 g/mol. The average Bonchev–Trinajstić information content (AvgIpc) is 3.35. The average molecular weight is 508 g/mol. The van der Waals surface area contributed by atoms with E-state index in [1.807, 2.05) is 30.3 Å². The van der Waals surface area contributed by atoms with Gasteiger partial charge >= 0.3 is 5.97 Å². The van der Waals surface area contributed by atoms with Gasteiger partial charge in [0.1, 0.15) is 27.4 Å². The predicted molar refractivity (Wildman–Crippen MR) is 125 cm³/mol. The van der Waals surface area contributed by atoms with E-state index in [1.54, 1.807) is 13.3 Å². The third-order valence-electron chi connectivity index (χ3n) is 5.04. The van der Waals surface area contributed by atoms with Gasteiger partial charge in [-0.1, -0.05) is 35.5 Å². The van der Waals surface area contributed by atoms with Gasteiger partial charge < -0.3 is 15.2 Å². The molecule has 0 aliphatic carbocycles. The van der Waals surface area contributed by atoms with Crippen LogP contribution in [-0.4, -0.2) is 79.2 Å². The molecule has 3 N–H and O–H groups in total. The van der Waals surface area contributed by atoms with Crippen LogP contribution in [0.2, 0.25) is 0 Å². The molecule has 3 heterocycles. The van der Waals surface area contributed by atoms with Crippen molar-refractivity contribution >= 4 is 53.1 Å². The van der Waals surface area contributed by atoms with Crippen LogP contribution in [0.4, 0.5) is 0 Å². The molecule has 33 heavy (non-hydrogen) atoms. The second kappa shape index (κ2) is 10.6. The lowest BCUT2D eigenvalue weighted by molar-refractivity contribution is -0.150. The predicted octanol–water partition coefficient (Wildman–Crippen LogP) is 1.71. The number of amides is 2. The van der Waals surface area contributed by atoms with Crippen LogP contribution < -0.4 is 5.32 Å². The van der Waals surface area contributed by atoms with Crippen molar-refractivity contribution in [3.8, 4) is 0 Å². The number of aromatic nitrogens is 3. The molecular formula is C20H21N5O5S3. The van der Waals surface area contributed by atoms with E-state index in [2.05, 4.69) is 20.7 Å². The first kappa shape index (κ1) is 23.7. The maximum Gasteiger partial charge on any atom is 0.352 e. The Balaban J connectivity index is 1.47. The summed E-state index contributed by atoms with van der Waals surface area (Å²) in [5, 5.41) is 22.4. The van der Waals surface area contributed by atoms with Crippen molar-refractivity contribution in [1.82, 2.24) is 25.6 Å². The molecule has 10 nitrogen and oxygen atoms in total. The molecule has 0 bridgehead atoms. The van der Waals surface area contributed by atoms with Gasteiger partial charge in [0, 0.05) is 18.6 Å². The summed E-state index contributed by atoms with van der Waals surface area (Å²) in [5.74, 6) is -0.750. The monoisotopic (exact) mass is 507 g/mol. The number of benzene rings is 1. The van der Waals surface area contributed by atoms with Crippen LogP contribution in [0.15, 0.2) is 52.8 Å². The Hall–Kier alpha value is -2.48. The Bertz CT molecular complexity index is 1050. The number of nitrogens with zero attached hydrogens (tertiary/aromatic N) is 3. The first-order chi connectivity index (χ1) is 16.0. The number of fused-ring (bicyclic) bond motifs is 1. The number of carbonyl (C=O) groups is 3. The number of aromatic amines is 1. The number of rotatable bonds is 10. The minimum Gasteiger partial charge on any atom is -0.477 e. The maximum atomic E-state index is 13.1. The molecule has 174 valence electrons. The number of hydrogen-bond acceptors (Lipinski definition) is 9. The topological polar surface area (TPSA) is 138 Å². The second-order valence-electron chi connectivity index (χ2n) is 7.13. The minimum absolute atomic E-state index is 0.0115. The normalized spacial score (nSPS) is 20.8. The molecule has 2 amide bonds. The van der Waals surface area contributed by atoms with Gasteiger partial charge in [-0.05, 0) is 11.1 Å². The van der Waals surface area contributed by atoms with E-state index < -0.39 is 28.5 Å². The summed E-state index contributed by atoms with van der Waals surface area (Å²) in [4.78, 5) is 39.3. The number of carboxylic acid groups (broad SMARTS) is 1. The highest BCUT2D eigenvalue weighted by molar-refractivity contribution is 8.01. The Morgan fingerprint density at radius 2 is 2.18 bits per heavy atom. The summed E-state index contributed by atoms with van der Waals surface area (Å²) in [6.45, 7) is 0. The highest BCUT2D eigenvalue weighted by atomic mass is 32.2. The van der Waals surface area contributed by atoms with Gasteiger partial charge in [0.2, 0.25) is 5.91 Å². The van der Waals surface area contributed by atoms with E-state index >= 15 is 0 Å². The standard InChI is InChI=1S/C20H21N5O5S3/c1-30-10-33-16(11-5-3-2-4-6-11)17(26)22-14-18(27)25-15(20(28)29)12(9-32-19(14)25)8-31-13-7-21-24-23-13/h2-7,14,16,19H,8-10H2,1H3,(H,22,26)(H,28,29)(H,21,23,24)/t14-,16?,19?/m0/s1. The first-order valence-corrected chi connectivity index (χ1v) is 12.9. The third-order valence-corrected chi connectivity index (χ3v) is 8.57. The number of β-lactam (4-membered cyclic amide) rings is 1. The zero-order valence-electron chi connectivity index (χ0n) is 17.5. The van der Waals surface area contributed by atoms with Crippen molar-refractivity contribution in [2.45, 2.75) is 21.7 Å². The van der Waals surface area contributed by atoms with Gasteiger partial charge in [0.15, 0.2) is 0 Å². The second-order valence-corrected chi connectivity index (χ2v) is 10.3. The van der Waals surface area contributed by atoms with Gasteiger partial charge in [-0.25, -0.2) is 4.79 Å². The molecule has 1 saturated heterocycles. The number of thioether (sulfide) groups is 3. The molecule has 2 aliphatic heterocycles. The van der Waals surface area contributed by atoms with Crippen LogP contribution in [0.25, 0.3) is 0 Å². The Labute approximate surface area is 202 Å². The van der Waals surface area contributed by atoms with Gasteiger partial charge in [-0.15, -0.1) is 40.4 Å². The zero-order valence-corrected chi connectivity index (χ0v) is 19.9. The Morgan fingerprint density at radius 3 is 2.85 bits per heavy atom. The number of methoxy groups -OCH3 is 1. The number of aliphatic carboxylic acids is 1. The highest BCUT2D eigenvalue weighted by Gasteiger charge is 2.54. The van der Waals surface area contributed by atoms with Crippen LogP contribution in [0.5, 0.6) is 0 Å². The molecule has 2 aliphatic rings. The summed E-state index contributed by atoms with van der Waals surface area (Å²) < 4.78 is 5.12. The molecule has 3 atom stereocenters. The molecule has 0 radical (unpaired) electrons. The summed E-state index contributed by atoms with van der Waals surface area (Å²) in [7, 11) is 1.55. The van der Waals surface area contributed by atoms with Crippen molar-refractivity contribution in [3.63, 3.8) is 0 Å². The van der Waals surface area contributed by atoms with E-state index in [-0.39, 0.29) is 11.6 Å². The number of hydrogen-bond donors (Lipinski definition) is 3. The van der Waals surface area contributed by atoms with Crippen molar-refractivity contribution in [3.05, 3.63) is 53.4 Å². The molecule has 0 spiro atoms. The maximum absolute atomic E-state index is 13.1. The fourth-order valence-electron chi connectivity index (χ4n) is 3.53. The Morgan fingerprint density at radius 1 is 1.39 bits per heavy atom. The molecule has 1 aromatic heterocycles. The van der Waals surface area contributed by atoms with Crippen molar-refractivity contribution in [2.24, 2.45) is 0 Å². The number of H-pyrrole nitrogens is 1. The largest absolute Gasteiger partial charge is 0.477 e. The van der Waals surface area contributed by atoms with Crippen molar-refractivity contribution in [2.75, 3.05) is 24.6 Å². The third kappa shape index (κ3) is 5.05. The lowest BCUT2D eigenvalue weighted by Gasteiger charge is -2.49. The van der Waals surface area contributed by atoms with Gasteiger partial charge in [-0.2, -0.15) is 0 Å². The van der Waals surface area contributed by atoms with Gasteiger partial charge in [0.05, 0.1) is 12.1 Å². The van der Waals surface area contributed by atoms with E-state index in [0.29, 0.717) is 28.0 Å². The van der Waals surface area contributed by atoms with Gasteiger partial charge in [0.25, 0.3) is 5.91 Å². The van der Waals surface area contributed by atoms with Crippen LogP contribution in [0, 0.1) is 0 Å². The lowest BCUT2D eigenvalue weighted by atomic mass is 10.0. The summed E-state index contributed by atoms with van der Waals surface area (Å²) >= 11 is 4.12. The number of carbonyl (C=O) groups excluding carboxylic acids is 2. The highest BCUT2D eigenvalue weighted by Crippen LogP contribution is 2.42. The SMILES string of the molecule is COCSC(C(=O)N[C@H]1C(=O)N2C(C(=O)O)=C(CSc3cnn[nH]3)CSC12)c1ccccc1. The summed E-state index contributed by atoms with van der Waals surface area (Å²) in [5.41, 5.74) is 1.43. The van der Waals surface area contributed by atoms with E-state index in [4.69, 9.17) is 4.74 Å². The number of carboxylic acids is 1. The van der Waals surface area contributed by atoms with Crippen LogP contribution in [0.1, 0.15) is 10.8 Å². The molecule has 4 rings (SSSR count).